The number of rotatable bonds is 3. The number of aryl methyl sites for hydroxylation is 1. The summed E-state index contributed by atoms with van der Waals surface area (Å²) in [5.74, 6) is 0.942. The van der Waals surface area contributed by atoms with E-state index in [4.69, 9.17) is 4.42 Å². The molecule has 1 heterocycles. The highest BCUT2D eigenvalue weighted by atomic mass is 127. The molecule has 2 aromatic rings. The van der Waals surface area contributed by atoms with E-state index in [0.717, 1.165) is 19.7 Å². The molecule has 0 aliphatic rings. The minimum Gasteiger partial charge on any atom is -0.454 e. The first kappa shape index (κ1) is 12.0. The fraction of sp³-hybridized carbons (Fsp3) is 0.167. The van der Waals surface area contributed by atoms with Crippen LogP contribution in [0.5, 0.6) is 0 Å². The van der Waals surface area contributed by atoms with Crippen molar-refractivity contribution in [3.05, 3.63) is 49.9 Å². The molecular formula is C12H11BrINO. The van der Waals surface area contributed by atoms with E-state index in [1.54, 1.807) is 0 Å². The fourth-order valence-corrected chi connectivity index (χ4v) is 2.49. The number of hydrogen-bond acceptors (Lipinski definition) is 2. The van der Waals surface area contributed by atoms with Gasteiger partial charge < -0.3 is 9.73 Å². The quantitative estimate of drug-likeness (QED) is 0.775. The lowest BCUT2D eigenvalue weighted by molar-refractivity contribution is 0.493. The van der Waals surface area contributed by atoms with Gasteiger partial charge in [-0.3, -0.25) is 0 Å². The second-order valence-electron chi connectivity index (χ2n) is 3.54. The molecule has 4 heteroatoms. The Balaban J connectivity index is 2.04. The Morgan fingerprint density at radius 1 is 1.31 bits per heavy atom. The molecule has 16 heavy (non-hydrogen) atoms. The van der Waals surface area contributed by atoms with Crippen molar-refractivity contribution in [2.75, 3.05) is 5.32 Å². The fourth-order valence-electron chi connectivity index (χ4n) is 1.39. The summed E-state index contributed by atoms with van der Waals surface area (Å²) in [5, 5.41) is 3.33. The summed E-state index contributed by atoms with van der Waals surface area (Å²) in [6.07, 6.45) is 0. The monoisotopic (exact) mass is 391 g/mol. The Hall–Kier alpha value is -0.490. The smallest absolute Gasteiger partial charge is 0.164 e. The molecule has 0 amide bonds. The molecular weight excluding hydrogens is 381 g/mol. The topological polar surface area (TPSA) is 25.2 Å². The van der Waals surface area contributed by atoms with Crippen LogP contribution in [0, 0.1) is 10.7 Å². The number of furan rings is 1. The molecule has 0 spiro atoms. The minimum atomic E-state index is 0.699. The van der Waals surface area contributed by atoms with E-state index < -0.39 is 0 Å². The number of halogens is 2. The summed E-state index contributed by atoms with van der Waals surface area (Å²) >= 11 is 5.69. The van der Waals surface area contributed by atoms with Gasteiger partial charge >= 0.3 is 0 Å². The predicted octanol–water partition coefficient (Wildman–Crippen LogP) is 4.57. The first-order chi connectivity index (χ1) is 7.65. The Morgan fingerprint density at radius 2 is 2.12 bits per heavy atom. The molecule has 2 rings (SSSR count). The van der Waals surface area contributed by atoms with Gasteiger partial charge in [0.05, 0.1) is 6.54 Å². The first-order valence-corrected chi connectivity index (χ1v) is 6.76. The molecule has 0 radical (unpaired) electrons. The van der Waals surface area contributed by atoms with E-state index >= 15 is 0 Å². The zero-order valence-electron chi connectivity index (χ0n) is 8.76. The second-order valence-corrected chi connectivity index (χ2v) is 5.46. The molecule has 0 unspecified atom stereocenters. The van der Waals surface area contributed by atoms with Crippen LogP contribution in [0.4, 0.5) is 5.69 Å². The molecule has 0 aliphatic heterocycles. The molecule has 0 saturated heterocycles. The molecule has 0 aliphatic carbocycles. The van der Waals surface area contributed by atoms with Crippen molar-refractivity contribution < 1.29 is 4.42 Å². The SMILES string of the molecule is Cc1ccc(NCc2ccc(I)o2)c(Br)c1. The highest BCUT2D eigenvalue weighted by molar-refractivity contribution is 14.1. The van der Waals surface area contributed by atoms with Crippen molar-refractivity contribution in [2.24, 2.45) is 0 Å². The lowest BCUT2D eigenvalue weighted by atomic mass is 10.2. The van der Waals surface area contributed by atoms with Crippen molar-refractivity contribution in [1.29, 1.82) is 0 Å². The molecule has 0 atom stereocenters. The summed E-state index contributed by atoms with van der Waals surface area (Å²) in [4.78, 5) is 0. The van der Waals surface area contributed by atoms with Gasteiger partial charge in [-0.05, 0) is 75.3 Å². The Bertz CT molecular complexity index is 496. The molecule has 0 bridgehead atoms. The van der Waals surface area contributed by atoms with Crippen molar-refractivity contribution in [2.45, 2.75) is 13.5 Å². The number of anilines is 1. The highest BCUT2D eigenvalue weighted by Crippen LogP contribution is 2.24. The van der Waals surface area contributed by atoms with E-state index in [-0.39, 0.29) is 0 Å². The van der Waals surface area contributed by atoms with Crippen LogP contribution in [0.3, 0.4) is 0 Å². The standard InChI is InChI=1S/C12H11BrINO/c1-8-2-4-11(10(13)6-8)15-7-9-3-5-12(14)16-9/h2-6,15H,7H2,1H3. The third kappa shape index (κ3) is 3.01. The zero-order valence-corrected chi connectivity index (χ0v) is 12.5. The van der Waals surface area contributed by atoms with Crippen LogP contribution in [0.2, 0.25) is 0 Å². The molecule has 1 aromatic carbocycles. The van der Waals surface area contributed by atoms with Gasteiger partial charge in [-0.2, -0.15) is 0 Å². The average Bonchev–Trinajstić information content (AvgIpc) is 2.63. The van der Waals surface area contributed by atoms with Crippen LogP contribution in [0.15, 0.2) is 39.2 Å². The van der Waals surface area contributed by atoms with E-state index in [9.17, 15) is 0 Å². The normalized spacial score (nSPS) is 10.4. The average molecular weight is 392 g/mol. The Labute approximate surface area is 117 Å². The highest BCUT2D eigenvalue weighted by Gasteiger charge is 2.02. The molecule has 0 fully saturated rings. The van der Waals surface area contributed by atoms with Crippen LogP contribution in [0.1, 0.15) is 11.3 Å². The number of benzene rings is 1. The predicted molar refractivity (Wildman–Crippen MR) is 77.6 cm³/mol. The zero-order chi connectivity index (χ0) is 11.5. The van der Waals surface area contributed by atoms with Gasteiger partial charge in [-0.1, -0.05) is 6.07 Å². The molecule has 2 nitrogen and oxygen atoms in total. The summed E-state index contributed by atoms with van der Waals surface area (Å²) < 4.78 is 7.47. The molecule has 1 N–H and O–H groups in total. The summed E-state index contributed by atoms with van der Waals surface area (Å²) in [6.45, 7) is 2.77. The maximum absolute atomic E-state index is 5.48. The van der Waals surface area contributed by atoms with Gasteiger partial charge in [-0.25, -0.2) is 0 Å². The van der Waals surface area contributed by atoms with Gasteiger partial charge in [-0.15, -0.1) is 0 Å². The van der Waals surface area contributed by atoms with E-state index in [1.807, 2.05) is 12.1 Å². The van der Waals surface area contributed by atoms with Gasteiger partial charge in [0.1, 0.15) is 5.76 Å². The second kappa shape index (κ2) is 5.23. The number of hydrogen-bond donors (Lipinski definition) is 1. The summed E-state index contributed by atoms with van der Waals surface area (Å²) in [6, 6.07) is 10.2. The first-order valence-electron chi connectivity index (χ1n) is 4.89. The molecule has 84 valence electrons. The van der Waals surface area contributed by atoms with E-state index in [1.165, 1.54) is 5.56 Å². The van der Waals surface area contributed by atoms with Crippen LogP contribution in [-0.4, -0.2) is 0 Å². The Morgan fingerprint density at radius 3 is 2.75 bits per heavy atom. The lowest BCUT2D eigenvalue weighted by Gasteiger charge is -2.07. The van der Waals surface area contributed by atoms with Crippen molar-refractivity contribution >= 4 is 44.2 Å². The van der Waals surface area contributed by atoms with Crippen molar-refractivity contribution in [3.63, 3.8) is 0 Å². The number of nitrogens with one attached hydrogen (secondary N) is 1. The molecule has 0 saturated carbocycles. The van der Waals surface area contributed by atoms with E-state index in [2.05, 4.69) is 69.0 Å². The molecule has 1 aromatic heterocycles. The van der Waals surface area contributed by atoms with Gasteiger partial charge in [0, 0.05) is 10.2 Å². The van der Waals surface area contributed by atoms with Crippen molar-refractivity contribution in [1.82, 2.24) is 0 Å². The summed E-state index contributed by atoms with van der Waals surface area (Å²) in [5.41, 5.74) is 2.32. The minimum absolute atomic E-state index is 0.699. The van der Waals surface area contributed by atoms with Crippen LogP contribution in [-0.2, 0) is 6.54 Å². The van der Waals surface area contributed by atoms with Gasteiger partial charge in [0.2, 0.25) is 0 Å². The van der Waals surface area contributed by atoms with Crippen LogP contribution >= 0.6 is 38.5 Å². The van der Waals surface area contributed by atoms with Gasteiger partial charge in [0.15, 0.2) is 3.77 Å². The lowest BCUT2D eigenvalue weighted by Crippen LogP contribution is -1.98. The van der Waals surface area contributed by atoms with Crippen LogP contribution < -0.4 is 5.32 Å². The third-order valence-corrected chi connectivity index (χ3v) is 3.44. The van der Waals surface area contributed by atoms with Gasteiger partial charge in [0.25, 0.3) is 0 Å². The maximum Gasteiger partial charge on any atom is 0.164 e. The van der Waals surface area contributed by atoms with Crippen molar-refractivity contribution in [3.8, 4) is 0 Å². The third-order valence-electron chi connectivity index (χ3n) is 2.21. The largest absolute Gasteiger partial charge is 0.454 e. The summed E-state index contributed by atoms with van der Waals surface area (Å²) in [7, 11) is 0. The Kier molecular flexibility index (Phi) is 3.91. The van der Waals surface area contributed by atoms with Crippen LogP contribution in [0.25, 0.3) is 0 Å². The maximum atomic E-state index is 5.48. The van der Waals surface area contributed by atoms with E-state index in [0.29, 0.717) is 6.54 Å².